The Bertz CT molecular complexity index is 2000. The zero-order chi connectivity index (χ0) is 37.9. The third-order valence-electron chi connectivity index (χ3n) is 10.5. The van der Waals surface area contributed by atoms with Crippen molar-refractivity contribution in [2.75, 3.05) is 0 Å². The van der Waals surface area contributed by atoms with Crippen molar-refractivity contribution < 1.29 is 20.4 Å². The van der Waals surface area contributed by atoms with E-state index in [4.69, 9.17) is 0 Å². The average molecular weight is 719 g/mol. The normalized spacial score (nSPS) is 14.1. The monoisotopic (exact) mass is 718 g/mol. The van der Waals surface area contributed by atoms with Gasteiger partial charge < -0.3 is 20.4 Å². The molecule has 0 saturated carbocycles. The van der Waals surface area contributed by atoms with Crippen LogP contribution in [0.2, 0.25) is 0 Å². The second kappa shape index (κ2) is 15.8. The average Bonchev–Trinajstić information content (AvgIpc) is 3.13. The highest BCUT2D eigenvalue weighted by atomic mass is 16.3. The van der Waals surface area contributed by atoms with E-state index >= 15 is 0 Å². The van der Waals surface area contributed by atoms with Crippen LogP contribution < -0.4 is 0 Å². The molecule has 1 heterocycles. The van der Waals surface area contributed by atoms with Crippen molar-refractivity contribution in [1.29, 1.82) is 0 Å². The van der Waals surface area contributed by atoms with Crippen molar-refractivity contribution in [2.24, 2.45) is 0 Å². The van der Waals surface area contributed by atoms with Crippen molar-refractivity contribution in [3.8, 4) is 23.0 Å². The van der Waals surface area contributed by atoms with E-state index in [0.29, 0.717) is 52.1 Å². The first-order valence-electron chi connectivity index (χ1n) is 18.8. The number of phenols is 4. The molecule has 4 N–H and O–H groups in total. The first-order valence-corrected chi connectivity index (χ1v) is 18.8. The van der Waals surface area contributed by atoms with Crippen LogP contribution in [0.4, 0.5) is 0 Å². The van der Waals surface area contributed by atoms with Gasteiger partial charge in [-0.25, -0.2) is 0 Å². The number of fused-ring (bicyclic) bond motifs is 8. The number of hydrogen-bond donors (Lipinski definition) is 4. The van der Waals surface area contributed by atoms with E-state index in [0.717, 1.165) is 77.9 Å². The van der Waals surface area contributed by atoms with Crippen LogP contribution in [-0.4, -0.2) is 30.2 Å². The van der Waals surface area contributed by atoms with Gasteiger partial charge in [-0.1, -0.05) is 131 Å². The van der Waals surface area contributed by atoms with Crippen LogP contribution in [0.1, 0.15) is 77.9 Å². The number of phenolic OH excluding ortho intramolecular Hbond substituents is 4. The number of aromatic hydroxyl groups is 4. The fourth-order valence-corrected chi connectivity index (χ4v) is 8.15. The largest absolute Gasteiger partial charge is 0.507 e. The van der Waals surface area contributed by atoms with Gasteiger partial charge in [0.25, 0.3) is 0 Å². The highest BCUT2D eigenvalue weighted by Gasteiger charge is 2.22. The summed E-state index contributed by atoms with van der Waals surface area (Å²) in [5, 5.41) is 47.5. The molecule has 6 aromatic rings. The van der Waals surface area contributed by atoms with Crippen LogP contribution in [-0.2, 0) is 52.1 Å². The number of aryl methyl sites for hydroxylation is 4. The van der Waals surface area contributed by atoms with Crippen LogP contribution in [0.15, 0.2) is 109 Å². The van der Waals surface area contributed by atoms with Crippen molar-refractivity contribution in [3.05, 3.63) is 187 Å². The van der Waals surface area contributed by atoms with Gasteiger partial charge in [-0.05, 0) is 61.1 Å². The molecule has 1 aliphatic rings. The number of rotatable bonds is 4. The Kier molecular flexibility index (Phi) is 10.8. The van der Waals surface area contributed by atoms with Gasteiger partial charge in [-0.2, -0.15) is 0 Å². The summed E-state index contributed by atoms with van der Waals surface area (Å²) < 4.78 is 0. The molecule has 0 amide bonds. The molecule has 0 atom stereocenters. The maximum atomic E-state index is 11.9. The van der Waals surface area contributed by atoms with Gasteiger partial charge in [0.15, 0.2) is 0 Å². The fraction of sp³-hybridized carbons (Fsp3) is 0.250. The lowest BCUT2D eigenvalue weighted by Gasteiger charge is -2.26. The van der Waals surface area contributed by atoms with E-state index in [1.165, 1.54) is 0 Å². The number of nitrogens with zero attached hydrogens (tertiary/aromatic N) is 2. The van der Waals surface area contributed by atoms with Crippen molar-refractivity contribution in [1.82, 2.24) is 9.80 Å². The van der Waals surface area contributed by atoms with Gasteiger partial charge in [0.05, 0.1) is 0 Å². The predicted molar refractivity (Wildman–Crippen MR) is 216 cm³/mol. The molecule has 0 saturated heterocycles. The summed E-state index contributed by atoms with van der Waals surface area (Å²) >= 11 is 0. The second-order valence-electron chi connectivity index (χ2n) is 15.3. The molecular weight excluding hydrogens is 669 g/mol. The van der Waals surface area contributed by atoms with Gasteiger partial charge in [0, 0.05) is 74.4 Å². The Morgan fingerprint density at radius 1 is 0.370 bits per heavy atom. The van der Waals surface area contributed by atoms with E-state index in [9.17, 15) is 20.4 Å². The highest BCUT2D eigenvalue weighted by molar-refractivity contribution is 5.53. The molecule has 6 heteroatoms. The molecule has 276 valence electrons. The quantitative estimate of drug-likeness (QED) is 0.145. The van der Waals surface area contributed by atoms with Gasteiger partial charge in [0.2, 0.25) is 0 Å². The van der Waals surface area contributed by atoms with Crippen molar-refractivity contribution in [3.63, 3.8) is 0 Å². The smallest absolute Gasteiger partial charge is 0.123 e. The fourth-order valence-electron chi connectivity index (χ4n) is 8.15. The van der Waals surface area contributed by atoms with Gasteiger partial charge in [-0.15, -0.1) is 0 Å². The summed E-state index contributed by atoms with van der Waals surface area (Å²) in [6, 6.07) is 36.6. The first kappa shape index (κ1) is 36.8. The van der Waals surface area contributed by atoms with E-state index in [1.54, 1.807) is 0 Å². The molecule has 0 spiro atoms. The molecule has 8 bridgehead atoms. The van der Waals surface area contributed by atoms with Crippen LogP contribution in [0.25, 0.3) is 0 Å². The van der Waals surface area contributed by atoms with Crippen LogP contribution in [0.3, 0.4) is 0 Å². The van der Waals surface area contributed by atoms with E-state index in [-0.39, 0.29) is 23.0 Å². The van der Waals surface area contributed by atoms with Crippen LogP contribution >= 0.6 is 0 Å². The molecular formula is C48H50N2O4. The lowest BCUT2D eigenvalue weighted by atomic mass is 9.94. The minimum Gasteiger partial charge on any atom is -0.507 e. The van der Waals surface area contributed by atoms with Crippen molar-refractivity contribution >= 4 is 0 Å². The SMILES string of the molecule is Cc1cc2c(O)c(c1)CN(Cc1ccccc1)Cc1cc(C)cc(c1O)Cc1cc(C)cc(c1O)CN(Cc1ccccc1)Cc1cc(C)cc(c1O)C2. The van der Waals surface area contributed by atoms with Crippen LogP contribution in [0, 0.1) is 27.7 Å². The lowest BCUT2D eigenvalue weighted by Crippen LogP contribution is -2.23. The molecule has 6 nitrogen and oxygen atoms in total. The number of benzene rings is 6. The number of hydrogen-bond acceptors (Lipinski definition) is 6. The van der Waals surface area contributed by atoms with Crippen LogP contribution in [0.5, 0.6) is 23.0 Å². The first-order chi connectivity index (χ1) is 26.0. The zero-order valence-electron chi connectivity index (χ0n) is 31.7. The summed E-state index contributed by atoms with van der Waals surface area (Å²) in [6.45, 7) is 11.2. The van der Waals surface area contributed by atoms with Crippen molar-refractivity contribution in [2.45, 2.75) is 79.8 Å². The van der Waals surface area contributed by atoms with E-state index in [1.807, 2.05) is 113 Å². The Morgan fingerprint density at radius 3 is 0.870 bits per heavy atom. The zero-order valence-corrected chi connectivity index (χ0v) is 31.7. The standard InChI is InChI=1S/C48H50N2O4/c1-31-15-37-23-38-16-32(2)20-43(46(38)52)29-50(26-36-13-9-6-10-14-36)30-44-22-34(4)18-40(48(44)54)24-39-17-33(3)21-42(47(39)53)28-49(27-41(19-31)45(37)51)25-35-11-7-5-8-12-35/h5-22,51-54H,23-30H2,1-4H3. The summed E-state index contributed by atoms with van der Waals surface area (Å²) in [7, 11) is 0. The maximum absolute atomic E-state index is 11.9. The second-order valence-corrected chi connectivity index (χ2v) is 15.3. The summed E-state index contributed by atoms with van der Waals surface area (Å²) in [5.41, 5.74) is 12.5. The topological polar surface area (TPSA) is 87.4 Å². The maximum Gasteiger partial charge on any atom is 0.123 e. The Balaban J connectivity index is 1.38. The van der Waals surface area contributed by atoms with Gasteiger partial charge >= 0.3 is 0 Å². The molecule has 7 rings (SSSR count). The van der Waals surface area contributed by atoms with E-state index < -0.39 is 0 Å². The third-order valence-corrected chi connectivity index (χ3v) is 10.5. The Morgan fingerprint density at radius 2 is 0.611 bits per heavy atom. The van der Waals surface area contributed by atoms with Gasteiger partial charge in [0.1, 0.15) is 23.0 Å². The Labute approximate surface area is 319 Å². The summed E-state index contributed by atoms with van der Waals surface area (Å²) in [5.74, 6) is 0.888. The molecule has 0 radical (unpaired) electrons. The summed E-state index contributed by atoms with van der Waals surface area (Å²) in [4.78, 5) is 4.49. The predicted octanol–water partition coefficient (Wildman–Crippen LogP) is 9.64. The molecule has 1 aliphatic heterocycles. The lowest BCUT2D eigenvalue weighted by molar-refractivity contribution is 0.240. The molecule has 54 heavy (non-hydrogen) atoms. The molecule has 0 aromatic heterocycles. The molecule has 0 unspecified atom stereocenters. The Hall–Kier alpha value is -5.56. The summed E-state index contributed by atoms with van der Waals surface area (Å²) in [6.07, 6.45) is 0.727. The molecule has 0 aliphatic carbocycles. The van der Waals surface area contributed by atoms with E-state index in [2.05, 4.69) is 34.1 Å². The van der Waals surface area contributed by atoms with Gasteiger partial charge in [-0.3, -0.25) is 9.80 Å². The molecule has 6 aromatic carbocycles. The minimum atomic E-state index is 0.222. The third kappa shape index (κ3) is 8.46. The highest BCUT2D eigenvalue weighted by Crippen LogP contribution is 2.37. The molecule has 0 fully saturated rings. The minimum absolute atomic E-state index is 0.222.